The molecule has 2 rings (SSSR count). The van der Waals surface area contributed by atoms with Gasteiger partial charge >= 0.3 is 0 Å². The molecule has 0 spiro atoms. The molecule has 6 heteroatoms. The fourth-order valence-electron chi connectivity index (χ4n) is 2.49. The minimum atomic E-state index is 0. The second kappa shape index (κ2) is 10.2. The summed E-state index contributed by atoms with van der Waals surface area (Å²) in [6.45, 7) is 2.99. The van der Waals surface area contributed by atoms with Crippen LogP contribution in [0.3, 0.4) is 0 Å². The molecule has 0 atom stereocenters. The predicted molar refractivity (Wildman–Crippen MR) is 94.3 cm³/mol. The van der Waals surface area contributed by atoms with Crippen LogP contribution < -0.4 is 5.73 Å². The van der Waals surface area contributed by atoms with Crippen molar-refractivity contribution in [3.05, 3.63) is 34.3 Å². The molecule has 1 amide bonds. The molecule has 0 aromatic heterocycles. The Balaban J connectivity index is 0.00000242. The largest absolute Gasteiger partial charge is 0.378 e. The molecule has 1 aliphatic rings. The van der Waals surface area contributed by atoms with Gasteiger partial charge in [0.15, 0.2) is 0 Å². The number of hydrogen-bond donors (Lipinski definition) is 1. The fraction of sp³-hybridized carbons (Fsp3) is 0.562. The van der Waals surface area contributed by atoms with Gasteiger partial charge in [0.25, 0.3) is 0 Å². The number of likely N-dealkylation sites (tertiary alicyclic amines) is 1. The first-order valence-corrected chi connectivity index (χ1v) is 8.32. The number of benzene rings is 1. The number of nitrogens with two attached hydrogens (primary N) is 1. The van der Waals surface area contributed by atoms with E-state index in [2.05, 4.69) is 15.9 Å². The Kier molecular flexibility index (Phi) is 9.02. The average molecular weight is 392 g/mol. The van der Waals surface area contributed by atoms with Crippen molar-refractivity contribution in [1.82, 2.24) is 4.90 Å². The second-order valence-electron chi connectivity index (χ2n) is 5.40. The second-order valence-corrected chi connectivity index (χ2v) is 6.31. The zero-order valence-corrected chi connectivity index (χ0v) is 15.1. The first-order chi connectivity index (χ1) is 10.2. The van der Waals surface area contributed by atoms with Gasteiger partial charge in [0.1, 0.15) is 0 Å². The van der Waals surface area contributed by atoms with Crippen molar-refractivity contribution in [3.63, 3.8) is 0 Å². The number of amides is 1. The molecule has 124 valence electrons. The molecule has 1 heterocycles. The SMILES string of the molecule is Cl.NCCCOC1CCN(C(=O)Cc2ccc(Br)cc2)CC1. The van der Waals surface area contributed by atoms with Gasteiger partial charge in [-0.25, -0.2) is 0 Å². The number of halogens is 2. The lowest BCUT2D eigenvalue weighted by Crippen LogP contribution is -2.41. The van der Waals surface area contributed by atoms with Gasteiger partial charge in [-0.1, -0.05) is 28.1 Å². The topological polar surface area (TPSA) is 55.6 Å². The monoisotopic (exact) mass is 390 g/mol. The normalized spacial score (nSPS) is 15.5. The third-order valence-corrected chi connectivity index (χ3v) is 4.29. The molecule has 0 unspecified atom stereocenters. The summed E-state index contributed by atoms with van der Waals surface area (Å²) in [5.74, 6) is 0.206. The van der Waals surface area contributed by atoms with Crippen molar-refractivity contribution in [1.29, 1.82) is 0 Å². The zero-order chi connectivity index (χ0) is 15.1. The number of nitrogens with zero attached hydrogens (tertiary/aromatic N) is 1. The third kappa shape index (κ3) is 6.24. The van der Waals surface area contributed by atoms with Crippen molar-refractivity contribution in [2.75, 3.05) is 26.2 Å². The zero-order valence-electron chi connectivity index (χ0n) is 12.7. The van der Waals surface area contributed by atoms with Gasteiger partial charge in [-0.3, -0.25) is 4.79 Å². The van der Waals surface area contributed by atoms with Crippen molar-refractivity contribution in [2.24, 2.45) is 5.73 Å². The Morgan fingerprint density at radius 3 is 2.50 bits per heavy atom. The maximum absolute atomic E-state index is 12.3. The third-order valence-electron chi connectivity index (χ3n) is 3.77. The van der Waals surface area contributed by atoms with Crippen LogP contribution in [0.15, 0.2) is 28.7 Å². The molecule has 0 bridgehead atoms. The van der Waals surface area contributed by atoms with Crippen molar-refractivity contribution in [2.45, 2.75) is 31.8 Å². The van der Waals surface area contributed by atoms with E-state index in [1.807, 2.05) is 29.2 Å². The van der Waals surface area contributed by atoms with E-state index < -0.39 is 0 Å². The van der Waals surface area contributed by atoms with Crippen LogP contribution in [-0.2, 0) is 16.0 Å². The molecule has 1 aromatic rings. The summed E-state index contributed by atoms with van der Waals surface area (Å²) < 4.78 is 6.80. The minimum absolute atomic E-state index is 0. The average Bonchev–Trinajstić information content (AvgIpc) is 2.50. The Bertz CT molecular complexity index is 448. The first kappa shape index (κ1) is 19.4. The highest BCUT2D eigenvalue weighted by molar-refractivity contribution is 9.10. The van der Waals surface area contributed by atoms with Gasteiger partial charge in [-0.2, -0.15) is 0 Å². The molecule has 1 aliphatic heterocycles. The summed E-state index contributed by atoms with van der Waals surface area (Å²) in [5.41, 5.74) is 6.51. The summed E-state index contributed by atoms with van der Waals surface area (Å²) in [5, 5.41) is 0. The number of carbonyl (C=O) groups is 1. The van der Waals surface area contributed by atoms with Gasteiger partial charge in [-0.15, -0.1) is 12.4 Å². The van der Waals surface area contributed by atoms with Gasteiger partial charge in [-0.05, 0) is 43.5 Å². The fourth-order valence-corrected chi connectivity index (χ4v) is 2.76. The highest BCUT2D eigenvalue weighted by atomic mass is 79.9. The van der Waals surface area contributed by atoms with E-state index in [1.54, 1.807) is 0 Å². The quantitative estimate of drug-likeness (QED) is 0.759. The predicted octanol–water partition coefficient (Wildman–Crippen LogP) is 2.77. The molecular weight excluding hydrogens is 368 g/mol. The number of rotatable bonds is 6. The van der Waals surface area contributed by atoms with E-state index in [9.17, 15) is 4.79 Å². The molecule has 1 saturated heterocycles. The Morgan fingerprint density at radius 2 is 1.91 bits per heavy atom. The Hall–Kier alpha value is -0.620. The molecule has 22 heavy (non-hydrogen) atoms. The van der Waals surface area contributed by atoms with Crippen LogP contribution in [0, 0.1) is 0 Å². The van der Waals surface area contributed by atoms with E-state index in [1.165, 1.54) is 0 Å². The Morgan fingerprint density at radius 1 is 1.27 bits per heavy atom. The van der Waals surface area contributed by atoms with Crippen LogP contribution in [0.25, 0.3) is 0 Å². The molecular formula is C16H24BrClN2O2. The van der Waals surface area contributed by atoms with Crippen LogP contribution in [-0.4, -0.2) is 43.2 Å². The summed E-state index contributed by atoms with van der Waals surface area (Å²) in [6.07, 6.45) is 3.52. The molecule has 0 saturated carbocycles. The number of hydrogen-bond acceptors (Lipinski definition) is 3. The lowest BCUT2D eigenvalue weighted by atomic mass is 10.1. The molecule has 0 radical (unpaired) electrons. The molecule has 2 N–H and O–H groups in total. The van der Waals surface area contributed by atoms with E-state index in [0.29, 0.717) is 13.0 Å². The maximum Gasteiger partial charge on any atom is 0.226 e. The van der Waals surface area contributed by atoms with Gasteiger partial charge in [0.2, 0.25) is 5.91 Å². The number of piperidine rings is 1. The number of carbonyl (C=O) groups excluding carboxylic acids is 1. The molecule has 1 fully saturated rings. The Labute approximate surface area is 146 Å². The summed E-state index contributed by atoms with van der Waals surface area (Å²) in [7, 11) is 0. The van der Waals surface area contributed by atoms with Crippen LogP contribution >= 0.6 is 28.3 Å². The van der Waals surface area contributed by atoms with E-state index in [-0.39, 0.29) is 24.4 Å². The standard InChI is InChI=1S/C16H23BrN2O2.ClH/c17-14-4-2-13(3-5-14)12-16(20)19-9-6-15(7-10-19)21-11-1-8-18;/h2-5,15H,1,6-12,18H2;1H. The van der Waals surface area contributed by atoms with Crippen LogP contribution in [0.5, 0.6) is 0 Å². The highest BCUT2D eigenvalue weighted by Gasteiger charge is 2.23. The summed E-state index contributed by atoms with van der Waals surface area (Å²) >= 11 is 3.40. The van der Waals surface area contributed by atoms with Gasteiger partial charge < -0.3 is 15.4 Å². The summed E-state index contributed by atoms with van der Waals surface area (Å²) in [6, 6.07) is 7.93. The van der Waals surface area contributed by atoms with Crippen LogP contribution in [0.2, 0.25) is 0 Å². The van der Waals surface area contributed by atoms with Gasteiger partial charge in [0, 0.05) is 24.2 Å². The van der Waals surface area contributed by atoms with Crippen molar-refractivity contribution >= 4 is 34.2 Å². The molecule has 0 aliphatic carbocycles. The smallest absolute Gasteiger partial charge is 0.226 e. The van der Waals surface area contributed by atoms with E-state index in [4.69, 9.17) is 10.5 Å². The lowest BCUT2D eigenvalue weighted by Gasteiger charge is -2.32. The van der Waals surface area contributed by atoms with Crippen LogP contribution in [0.4, 0.5) is 0 Å². The maximum atomic E-state index is 12.3. The van der Waals surface area contributed by atoms with E-state index >= 15 is 0 Å². The molecule has 4 nitrogen and oxygen atoms in total. The summed E-state index contributed by atoms with van der Waals surface area (Å²) in [4.78, 5) is 14.2. The van der Waals surface area contributed by atoms with E-state index in [0.717, 1.165) is 49.0 Å². The number of ether oxygens (including phenoxy) is 1. The van der Waals surface area contributed by atoms with Crippen LogP contribution in [0.1, 0.15) is 24.8 Å². The molecule has 1 aromatic carbocycles. The van der Waals surface area contributed by atoms with Crippen molar-refractivity contribution in [3.8, 4) is 0 Å². The first-order valence-electron chi connectivity index (χ1n) is 7.53. The highest BCUT2D eigenvalue weighted by Crippen LogP contribution is 2.16. The minimum Gasteiger partial charge on any atom is -0.378 e. The lowest BCUT2D eigenvalue weighted by molar-refractivity contribution is -0.133. The van der Waals surface area contributed by atoms with Gasteiger partial charge in [0.05, 0.1) is 12.5 Å². The van der Waals surface area contributed by atoms with Crippen molar-refractivity contribution < 1.29 is 9.53 Å².